The normalized spacial score (nSPS) is 19.6. The quantitative estimate of drug-likeness (QED) is 0.462. The predicted molar refractivity (Wildman–Crippen MR) is 83.1 cm³/mol. The Morgan fingerprint density at radius 1 is 1.32 bits per heavy atom. The third-order valence-corrected chi connectivity index (χ3v) is 3.96. The van der Waals surface area contributed by atoms with Crippen LogP contribution >= 0.6 is 0 Å². The van der Waals surface area contributed by atoms with Gasteiger partial charge in [-0.15, -0.1) is 0 Å². The fraction of sp³-hybridized carbons (Fsp3) is 0.611. The summed E-state index contributed by atoms with van der Waals surface area (Å²) in [4.78, 5) is 11.8. The molecular weight excluding hydrogens is 232 g/mol. The Balaban J connectivity index is 2.64. The minimum absolute atomic E-state index is 0.109. The second-order valence-electron chi connectivity index (χ2n) is 6.21. The van der Waals surface area contributed by atoms with E-state index in [2.05, 4.69) is 27.7 Å². The highest BCUT2D eigenvalue weighted by molar-refractivity contribution is 5.99. The monoisotopic (exact) mass is 260 g/mol. The maximum Gasteiger partial charge on any atom is 0.178 e. The van der Waals surface area contributed by atoms with E-state index in [0.29, 0.717) is 0 Å². The molecule has 0 spiro atoms. The number of ketones is 1. The molecule has 0 bridgehead atoms. The van der Waals surface area contributed by atoms with Crippen molar-refractivity contribution in [3.05, 3.63) is 35.5 Å². The second-order valence-corrected chi connectivity index (χ2v) is 6.21. The molecule has 19 heavy (non-hydrogen) atoms. The van der Waals surface area contributed by atoms with Crippen molar-refractivity contribution >= 4 is 5.78 Å². The van der Waals surface area contributed by atoms with Gasteiger partial charge in [-0.05, 0) is 55.7 Å². The molecule has 106 valence electrons. The molecule has 0 heterocycles. The van der Waals surface area contributed by atoms with Crippen LogP contribution < -0.4 is 0 Å². The Hall–Kier alpha value is -1.11. The summed E-state index contributed by atoms with van der Waals surface area (Å²) in [6, 6.07) is 0. The second kappa shape index (κ2) is 7.47. The molecule has 1 rings (SSSR count). The summed E-state index contributed by atoms with van der Waals surface area (Å²) in [7, 11) is 0. The molecule has 1 aliphatic carbocycles. The molecule has 0 aromatic carbocycles. The molecule has 0 fully saturated rings. The number of unbranched alkanes of at least 4 members (excludes halogenated alkanes) is 2. The number of rotatable bonds is 6. The van der Waals surface area contributed by atoms with Crippen molar-refractivity contribution in [2.75, 3.05) is 0 Å². The summed E-state index contributed by atoms with van der Waals surface area (Å²) in [6.07, 6.45) is 14.5. The van der Waals surface area contributed by atoms with Crippen LogP contribution in [0.2, 0.25) is 0 Å². The van der Waals surface area contributed by atoms with E-state index in [1.165, 1.54) is 36.8 Å². The molecule has 0 aromatic heterocycles. The van der Waals surface area contributed by atoms with Crippen LogP contribution in [0.15, 0.2) is 35.5 Å². The summed E-state index contributed by atoms with van der Waals surface area (Å²) in [5, 5.41) is 0. The van der Waals surface area contributed by atoms with Crippen LogP contribution in [0.4, 0.5) is 0 Å². The van der Waals surface area contributed by atoms with Gasteiger partial charge in [0.25, 0.3) is 0 Å². The summed E-state index contributed by atoms with van der Waals surface area (Å²) in [5.41, 5.74) is 3.01. The van der Waals surface area contributed by atoms with Gasteiger partial charge in [-0.25, -0.2) is 0 Å². The molecule has 1 heteroatoms. The Morgan fingerprint density at radius 3 is 2.68 bits per heavy atom. The SMILES string of the molecule is CCCC/C=C/C(=O)/C=C/C1=C(C)CCCC1(C)C. The van der Waals surface area contributed by atoms with Crippen molar-refractivity contribution in [1.29, 1.82) is 0 Å². The van der Waals surface area contributed by atoms with Crippen molar-refractivity contribution in [2.24, 2.45) is 5.41 Å². The summed E-state index contributed by atoms with van der Waals surface area (Å²) >= 11 is 0. The molecule has 0 unspecified atom stereocenters. The van der Waals surface area contributed by atoms with Crippen molar-refractivity contribution in [2.45, 2.75) is 66.2 Å². The summed E-state index contributed by atoms with van der Waals surface area (Å²) in [6.45, 7) is 8.91. The van der Waals surface area contributed by atoms with Crippen LogP contribution in [0.25, 0.3) is 0 Å². The lowest BCUT2D eigenvalue weighted by Gasteiger charge is -2.32. The highest BCUT2D eigenvalue weighted by atomic mass is 16.1. The first-order valence-electron chi connectivity index (χ1n) is 7.56. The van der Waals surface area contributed by atoms with Gasteiger partial charge in [0.2, 0.25) is 0 Å². The molecule has 0 saturated heterocycles. The Kier molecular flexibility index (Phi) is 6.27. The highest BCUT2D eigenvalue weighted by Gasteiger charge is 2.26. The van der Waals surface area contributed by atoms with Crippen LogP contribution in [0.3, 0.4) is 0 Å². The highest BCUT2D eigenvalue weighted by Crippen LogP contribution is 2.40. The number of hydrogen-bond acceptors (Lipinski definition) is 1. The number of carbonyl (C=O) groups excluding carboxylic acids is 1. The number of carbonyl (C=O) groups is 1. The largest absolute Gasteiger partial charge is 0.290 e. The van der Waals surface area contributed by atoms with Gasteiger partial charge in [0.05, 0.1) is 0 Å². The molecule has 0 N–H and O–H groups in total. The first-order chi connectivity index (χ1) is 8.97. The number of hydrogen-bond donors (Lipinski definition) is 0. The van der Waals surface area contributed by atoms with Gasteiger partial charge in [-0.3, -0.25) is 4.79 Å². The van der Waals surface area contributed by atoms with E-state index in [1.807, 2.05) is 12.2 Å². The maximum atomic E-state index is 11.8. The topological polar surface area (TPSA) is 17.1 Å². The fourth-order valence-electron chi connectivity index (χ4n) is 2.75. The Labute approximate surface area is 118 Å². The Morgan fingerprint density at radius 2 is 2.05 bits per heavy atom. The minimum Gasteiger partial charge on any atom is -0.290 e. The van der Waals surface area contributed by atoms with Gasteiger partial charge >= 0.3 is 0 Å². The lowest BCUT2D eigenvalue weighted by atomic mass is 9.72. The van der Waals surface area contributed by atoms with Crippen LogP contribution in [0, 0.1) is 5.41 Å². The van der Waals surface area contributed by atoms with E-state index in [4.69, 9.17) is 0 Å². The van der Waals surface area contributed by atoms with E-state index >= 15 is 0 Å². The number of allylic oxidation sites excluding steroid dienone is 6. The Bertz CT molecular complexity index is 394. The molecule has 0 radical (unpaired) electrons. The first kappa shape index (κ1) is 15.9. The van der Waals surface area contributed by atoms with Gasteiger partial charge < -0.3 is 0 Å². The third-order valence-electron chi connectivity index (χ3n) is 3.96. The average molecular weight is 260 g/mol. The van der Waals surface area contributed by atoms with Crippen molar-refractivity contribution in [1.82, 2.24) is 0 Å². The zero-order chi connectivity index (χ0) is 14.3. The fourth-order valence-corrected chi connectivity index (χ4v) is 2.75. The average Bonchev–Trinajstić information content (AvgIpc) is 2.33. The zero-order valence-electron chi connectivity index (χ0n) is 13.0. The molecule has 1 aliphatic rings. The molecular formula is C18H28O. The van der Waals surface area contributed by atoms with Gasteiger partial charge in [0, 0.05) is 0 Å². The lowest BCUT2D eigenvalue weighted by Crippen LogP contribution is -2.19. The zero-order valence-corrected chi connectivity index (χ0v) is 13.0. The molecule has 0 saturated carbocycles. The van der Waals surface area contributed by atoms with Crippen LogP contribution in [-0.4, -0.2) is 5.78 Å². The van der Waals surface area contributed by atoms with Crippen molar-refractivity contribution in [3.63, 3.8) is 0 Å². The van der Waals surface area contributed by atoms with Gasteiger partial charge in [0.15, 0.2) is 5.78 Å². The molecule has 0 atom stereocenters. The predicted octanol–water partition coefficient (Wildman–Crippen LogP) is 5.38. The molecule has 0 aliphatic heterocycles. The van der Waals surface area contributed by atoms with E-state index in [1.54, 1.807) is 12.2 Å². The smallest absolute Gasteiger partial charge is 0.178 e. The van der Waals surface area contributed by atoms with Gasteiger partial charge in [0.1, 0.15) is 0 Å². The van der Waals surface area contributed by atoms with Crippen molar-refractivity contribution < 1.29 is 4.79 Å². The molecule has 0 amide bonds. The first-order valence-corrected chi connectivity index (χ1v) is 7.56. The van der Waals surface area contributed by atoms with E-state index in [-0.39, 0.29) is 11.2 Å². The lowest BCUT2D eigenvalue weighted by molar-refractivity contribution is -0.110. The van der Waals surface area contributed by atoms with Crippen LogP contribution in [0.1, 0.15) is 66.2 Å². The van der Waals surface area contributed by atoms with Crippen molar-refractivity contribution in [3.8, 4) is 0 Å². The van der Waals surface area contributed by atoms with Crippen LogP contribution in [0.5, 0.6) is 0 Å². The van der Waals surface area contributed by atoms with Gasteiger partial charge in [-0.2, -0.15) is 0 Å². The van der Waals surface area contributed by atoms with Gasteiger partial charge in [-0.1, -0.05) is 51.3 Å². The summed E-state index contributed by atoms with van der Waals surface area (Å²) < 4.78 is 0. The van der Waals surface area contributed by atoms with E-state index in [9.17, 15) is 4.79 Å². The maximum absolute atomic E-state index is 11.8. The molecule has 1 nitrogen and oxygen atoms in total. The molecule has 0 aromatic rings. The minimum atomic E-state index is 0.109. The summed E-state index contributed by atoms with van der Waals surface area (Å²) in [5.74, 6) is 0.109. The van der Waals surface area contributed by atoms with Crippen LogP contribution in [-0.2, 0) is 4.79 Å². The third kappa shape index (κ3) is 5.18. The van der Waals surface area contributed by atoms with E-state index in [0.717, 1.165) is 12.8 Å². The standard InChI is InChI=1S/C18H28O/c1-5-6-7-8-11-16(19)12-13-17-15(2)10-9-14-18(17,3)4/h8,11-13H,5-7,9-10,14H2,1-4H3/b11-8+,13-12+. The van der Waals surface area contributed by atoms with E-state index < -0.39 is 0 Å².